The van der Waals surface area contributed by atoms with Gasteiger partial charge in [-0.2, -0.15) is 0 Å². The van der Waals surface area contributed by atoms with Crippen LogP contribution in [0.5, 0.6) is 0 Å². The van der Waals surface area contributed by atoms with E-state index in [0.717, 1.165) is 32.9 Å². The number of sulfonamides is 1. The standard InChI is InChI=1S/C29H26Cl2N2O3S/c1-19-3-9-23(10-4-19)33(37(35,36)25-11-5-20(2)6-12-25)18-24(34)17-32-28-13-7-21(30)15-26(28)27-16-22(31)8-14-29(27)32/h3-16,24,34H,17-18H2,1-2H3/t24-/m1/s1. The zero-order chi connectivity index (χ0) is 26.3. The van der Waals surface area contributed by atoms with Crippen LogP contribution in [0, 0.1) is 13.8 Å². The van der Waals surface area contributed by atoms with Crippen molar-refractivity contribution in [2.45, 2.75) is 31.4 Å². The number of rotatable bonds is 7. The molecule has 0 bridgehead atoms. The van der Waals surface area contributed by atoms with Crippen molar-refractivity contribution in [1.29, 1.82) is 0 Å². The van der Waals surface area contributed by atoms with E-state index >= 15 is 0 Å². The summed E-state index contributed by atoms with van der Waals surface area (Å²) in [5.74, 6) is 0. The second-order valence-corrected chi connectivity index (χ2v) is 12.0. The molecule has 0 spiro atoms. The monoisotopic (exact) mass is 552 g/mol. The fraction of sp³-hybridized carbons (Fsp3) is 0.172. The molecule has 1 N–H and O–H groups in total. The molecule has 0 aliphatic heterocycles. The first-order chi connectivity index (χ1) is 17.6. The van der Waals surface area contributed by atoms with Crippen molar-refractivity contribution in [3.8, 4) is 0 Å². The number of hydrogen-bond donors (Lipinski definition) is 1. The summed E-state index contributed by atoms with van der Waals surface area (Å²) >= 11 is 12.5. The van der Waals surface area contributed by atoms with Crippen LogP contribution < -0.4 is 4.31 Å². The molecule has 0 radical (unpaired) electrons. The third-order valence-corrected chi connectivity index (χ3v) is 8.77. The average Bonchev–Trinajstić information content (AvgIpc) is 3.15. The molecular formula is C29H26Cl2N2O3S. The molecule has 0 aliphatic rings. The van der Waals surface area contributed by atoms with E-state index in [9.17, 15) is 13.5 Å². The minimum atomic E-state index is -3.92. The Bertz CT molecular complexity index is 1640. The second kappa shape index (κ2) is 10.0. The maximum Gasteiger partial charge on any atom is 0.264 e. The molecular weight excluding hydrogens is 527 g/mol. The van der Waals surface area contributed by atoms with Crippen LogP contribution in [0.1, 0.15) is 11.1 Å². The van der Waals surface area contributed by atoms with Crippen molar-refractivity contribution in [2.75, 3.05) is 10.8 Å². The number of benzene rings is 4. The zero-order valence-electron chi connectivity index (χ0n) is 20.4. The summed E-state index contributed by atoms with van der Waals surface area (Å²) in [5.41, 5.74) is 4.23. The predicted octanol–water partition coefficient (Wildman–Crippen LogP) is 6.97. The van der Waals surface area contributed by atoms with E-state index in [-0.39, 0.29) is 18.0 Å². The molecule has 1 atom stereocenters. The lowest BCUT2D eigenvalue weighted by molar-refractivity contribution is 0.166. The van der Waals surface area contributed by atoms with E-state index < -0.39 is 16.1 Å². The smallest absolute Gasteiger partial charge is 0.264 e. The number of fused-ring (bicyclic) bond motifs is 3. The summed E-state index contributed by atoms with van der Waals surface area (Å²) in [4.78, 5) is 0.173. The van der Waals surface area contributed by atoms with E-state index in [2.05, 4.69) is 0 Å². The zero-order valence-corrected chi connectivity index (χ0v) is 22.7. The van der Waals surface area contributed by atoms with Gasteiger partial charge in [0.25, 0.3) is 10.0 Å². The summed E-state index contributed by atoms with van der Waals surface area (Å²) < 4.78 is 30.8. The van der Waals surface area contributed by atoms with Gasteiger partial charge in [-0.3, -0.25) is 4.31 Å². The molecule has 1 heterocycles. The molecule has 0 fully saturated rings. The Labute approximate surface area is 226 Å². The average molecular weight is 554 g/mol. The minimum Gasteiger partial charge on any atom is -0.389 e. The predicted molar refractivity (Wildman–Crippen MR) is 152 cm³/mol. The topological polar surface area (TPSA) is 62.5 Å². The SMILES string of the molecule is Cc1ccc(N(C[C@H](O)Cn2c3ccc(Cl)cc3c3cc(Cl)ccc32)S(=O)(=O)c2ccc(C)cc2)cc1. The molecule has 5 nitrogen and oxygen atoms in total. The Balaban J connectivity index is 1.54. The van der Waals surface area contributed by atoms with Gasteiger partial charge in [0.1, 0.15) is 0 Å². The summed E-state index contributed by atoms with van der Waals surface area (Å²) in [7, 11) is -3.92. The largest absolute Gasteiger partial charge is 0.389 e. The number of aliphatic hydroxyl groups excluding tert-OH is 1. The summed E-state index contributed by atoms with van der Waals surface area (Å²) in [5, 5.41) is 14.3. The Morgan fingerprint density at radius 3 is 1.78 bits per heavy atom. The van der Waals surface area contributed by atoms with Crippen molar-refractivity contribution in [3.63, 3.8) is 0 Å². The molecule has 190 valence electrons. The maximum absolute atomic E-state index is 13.7. The quantitative estimate of drug-likeness (QED) is 0.237. The molecule has 0 amide bonds. The van der Waals surface area contributed by atoms with Crippen LogP contribution in [-0.4, -0.2) is 30.7 Å². The van der Waals surface area contributed by atoms with E-state index in [4.69, 9.17) is 23.2 Å². The van der Waals surface area contributed by atoms with Crippen LogP contribution in [0.4, 0.5) is 5.69 Å². The number of aromatic nitrogens is 1. The number of hydrogen-bond acceptors (Lipinski definition) is 3. The van der Waals surface area contributed by atoms with Crippen LogP contribution >= 0.6 is 23.2 Å². The van der Waals surface area contributed by atoms with Crippen LogP contribution in [0.15, 0.2) is 89.8 Å². The first-order valence-electron chi connectivity index (χ1n) is 11.8. The molecule has 0 aliphatic carbocycles. The number of aryl methyl sites for hydroxylation is 2. The molecule has 4 aromatic carbocycles. The maximum atomic E-state index is 13.7. The van der Waals surface area contributed by atoms with Gasteiger partial charge < -0.3 is 9.67 Å². The Morgan fingerprint density at radius 1 is 0.784 bits per heavy atom. The summed E-state index contributed by atoms with van der Waals surface area (Å²) in [6.07, 6.45) is -1.01. The van der Waals surface area contributed by atoms with Crippen molar-refractivity contribution in [3.05, 3.63) is 106 Å². The highest BCUT2D eigenvalue weighted by Gasteiger charge is 2.28. The Morgan fingerprint density at radius 2 is 1.27 bits per heavy atom. The van der Waals surface area contributed by atoms with Gasteiger partial charge in [-0.05, 0) is 74.5 Å². The second-order valence-electron chi connectivity index (χ2n) is 9.27. The molecule has 5 aromatic rings. The normalized spacial score (nSPS) is 12.8. The van der Waals surface area contributed by atoms with Gasteiger partial charge in [-0.25, -0.2) is 8.42 Å². The highest BCUT2D eigenvalue weighted by Crippen LogP contribution is 2.33. The van der Waals surface area contributed by atoms with Gasteiger partial charge in [0, 0.05) is 31.9 Å². The van der Waals surface area contributed by atoms with E-state index in [1.54, 1.807) is 48.5 Å². The Hall–Kier alpha value is -3.03. The molecule has 5 rings (SSSR count). The molecule has 0 unspecified atom stereocenters. The number of anilines is 1. The third kappa shape index (κ3) is 5.07. The number of halogens is 2. The van der Waals surface area contributed by atoms with Crippen LogP contribution in [0.3, 0.4) is 0 Å². The van der Waals surface area contributed by atoms with Crippen molar-refractivity contribution < 1.29 is 13.5 Å². The van der Waals surface area contributed by atoms with Crippen molar-refractivity contribution >= 4 is 60.7 Å². The van der Waals surface area contributed by atoms with Gasteiger partial charge in [-0.15, -0.1) is 0 Å². The van der Waals surface area contributed by atoms with Crippen LogP contribution in [-0.2, 0) is 16.6 Å². The van der Waals surface area contributed by atoms with E-state index in [0.29, 0.717) is 15.7 Å². The van der Waals surface area contributed by atoms with Gasteiger partial charge in [0.15, 0.2) is 0 Å². The highest BCUT2D eigenvalue weighted by atomic mass is 35.5. The van der Waals surface area contributed by atoms with Crippen LogP contribution in [0.25, 0.3) is 21.8 Å². The van der Waals surface area contributed by atoms with Gasteiger partial charge in [0.05, 0.1) is 29.8 Å². The number of aliphatic hydroxyl groups is 1. The lowest BCUT2D eigenvalue weighted by Crippen LogP contribution is -2.39. The summed E-state index contributed by atoms with van der Waals surface area (Å²) in [6.45, 7) is 3.90. The molecule has 37 heavy (non-hydrogen) atoms. The lowest BCUT2D eigenvalue weighted by atomic mass is 10.1. The minimum absolute atomic E-state index is 0.123. The fourth-order valence-corrected chi connectivity index (χ4v) is 6.44. The first kappa shape index (κ1) is 25.6. The third-order valence-electron chi connectivity index (χ3n) is 6.49. The van der Waals surface area contributed by atoms with Crippen LogP contribution in [0.2, 0.25) is 10.0 Å². The molecule has 8 heteroatoms. The van der Waals surface area contributed by atoms with E-state index in [1.807, 2.05) is 54.8 Å². The summed E-state index contributed by atoms with van der Waals surface area (Å²) in [6, 6.07) is 25.1. The molecule has 0 saturated carbocycles. The highest BCUT2D eigenvalue weighted by molar-refractivity contribution is 7.92. The Kier molecular flexibility index (Phi) is 6.94. The lowest BCUT2D eigenvalue weighted by Gasteiger charge is -2.27. The van der Waals surface area contributed by atoms with Gasteiger partial charge >= 0.3 is 0 Å². The van der Waals surface area contributed by atoms with Gasteiger partial charge in [-0.1, -0.05) is 58.6 Å². The van der Waals surface area contributed by atoms with E-state index in [1.165, 1.54) is 4.31 Å². The van der Waals surface area contributed by atoms with Gasteiger partial charge in [0.2, 0.25) is 0 Å². The number of nitrogens with zero attached hydrogens (tertiary/aromatic N) is 2. The van der Waals surface area contributed by atoms with Crippen molar-refractivity contribution in [2.24, 2.45) is 0 Å². The molecule has 0 saturated heterocycles. The molecule has 1 aromatic heterocycles. The fourth-order valence-electron chi connectivity index (χ4n) is 4.60. The first-order valence-corrected chi connectivity index (χ1v) is 14.0. The van der Waals surface area contributed by atoms with Crippen molar-refractivity contribution in [1.82, 2.24) is 4.57 Å².